The van der Waals surface area contributed by atoms with Gasteiger partial charge in [-0.05, 0) is 53.4 Å². The van der Waals surface area contributed by atoms with Gasteiger partial charge in [-0.15, -0.1) is 0 Å². The van der Waals surface area contributed by atoms with Crippen molar-refractivity contribution in [1.29, 1.82) is 0 Å². The first-order valence-corrected chi connectivity index (χ1v) is 6.58. The van der Waals surface area contributed by atoms with Gasteiger partial charge in [-0.3, -0.25) is 9.36 Å². The summed E-state index contributed by atoms with van der Waals surface area (Å²) in [6, 6.07) is 3.67. The van der Waals surface area contributed by atoms with E-state index in [9.17, 15) is 9.18 Å². The van der Waals surface area contributed by atoms with E-state index in [1.165, 1.54) is 4.57 Å². The maximum absolute atomic E-state index is 14.2. The number of alkyl halides is 1. The third-order valence-corrected chi connectivity index (χ3v) is 3.97. The van der Waals surface area contributed by atoms with Crippen LogP contribution >= 0.6 is 15.9 Å². The van der Waals surface area contributed by atoms with E-state index in [-0.39, 0.29) is 11.4 Å². The second kappa shape index (κ2) is 3.63. The second-order valence-electron chi connectivity index (χ2n) is 4.91. The van der Waals surface area contributed by atoms with Crippen LogP contribution in [0.15, 0.2) is 21.4 Å². The normalized spacial score (nSPS) is 17.1. The molecule has 18 heavy (non-hydrogen) atoms. The molecule has 1 aromatic carbocycles. The van der Waals surface area contributed by atoms with Crippen LogP contribution in [0.1, 0.15) is 24.2 Å². The molecule has 1 fully saturated rings. The monoisotopic (exact) mass is 310 g/mol. The van der Waals surface area contributed by atoms with E-state index in [1.54, 1.807) is 13.1 Å². The van der Waals surface area contributed by atoms with Gasteiger partial charge < -0.3 is 0 Å². The summed E-state index contributed by atoms with van der Waals surface area (Å²) in [5, 5.41) is 0.525. The van der Waals surface area contributed by atoms with Crippen LogP contribution in [0.3, 0.4) is 0 Å². The van der Waals surface area contributed by atoms with Crippen LogP contribution < -0.4 is 5.56 Å². The molecule has 1 saturated carbocycles. The summed E-state index contributed by atoms with van der Waals surface area (Å²) in [7, 11) is 1.58. The Balaban J connectivity index is 2.44. The fourth-order valence-electron chi connectivity index (χ4n) is 2.20. The lowest BCUT2D eigenvalue weighted by molar-refractivity contribution is 0.290. The molecule has 0 saturated heterocycles. The molecule has 0 spiro atoms. The Morgan fingerprint density at radius 3 is 2.72 bits per heavy atom. The lowest BCUT2D eigenvalue weighted by atomic mass is 10.1. The number of hydrogen-bond acceptors (Lipinski definition) is 2. The van der Waals surface area contributed by atoms with Gasteiger partial charge in [-0.25, -0.2) is 9.37 Å². The first-order chi connectivity index (χ1) is 8.42. The van der Waals surface area contributed by atoms with Gasteiger partial charge in [-0.2, -0.15) is 0 Å². The Kier molecular flexibility index (Phi) is 2.39. The highest BCUT2D eigenvalue weighted by Crippen LogP contribution is 2.48. The zero-order chi connectivity index (χ0) is 13.1. The van der Waals surface area contributed by atoms with Crippen molar-refractivity contribution in [2.45, 2.75) is 25.4 Å². The summed E-state index contributed by atoms with van der Waals surface area (Å²) < 4.78 is 16.2. The van der Waals surface area contributed by atoms with Gasteiger partial charge in [0.25, 0.3) is 5.56 Å². The van der Waals surface area contributed by atoms with Crippen molar-refractivity contribution in [1.82, 2.24) is 9.55 Å². The zero-order valence-electron chi connectivity index (χ0n) is 10.1. The molecular weight excluding hydrogens is 299 g/mol. The Labute approximate surface area is 112 Å². The van der Waals surface area contributed by atoms with Crippen molar-refractivity contribution in [3.8, 4) is 0 Å². The fraction of sp³-hybridized carbons (Fsp3) is 0.385. The van der Waals surface area contributed by atoms with Gasteiger partial charge in [-0.1, -0.05) is 0 Å². The van der Waals surface area contributed by atoms with E-state index < -0.39 is 5.67 Å². The molecule has 0 unspecified atom stereocenters. The molecule has 0 radical (unpaired) electrons. The van der Waals surface area contributed by atoms with Gasteiger partial charge in [0.1, 0.15) is 5.82 Å². The van der Waals surface area contributed by atoms with E-state index in [0.29, 0.717) is 23.7 Å². The standard InChI is InChI=1S/C13H12BrFN2O/c1-7-5-8-10(9(14)6-7)16-12(13(15)3-4-13)17(2)11(8)18/h5-6H,3-4H2,1-2H3. The third kappa shape index (κ3) is 1.61. The number of fused-ring (bicyclic) bond motifs is 1. The average molecular weight is 311 g/mol. The Morgan fingerprint density at radius 1 is 1.44 bits per heavy atom. The van der Waals surface area contributed by atoms with Gasteiger partial charge in [0, 0.05) is 11.5 Å². The van der Waals surface area contributed by atoms with Crippen LogP contribution in [0.4, 0.5) is 4.39 Å². The van der Waals surface area contributed by atoms with E-state index >= 15 is 0 Å². The topological polar surface area (TPSA) is 34.9 Å². The fourth-order valence-corrected chi connectivity index (χ4v) is 2.87. The number of aromatic nitrogens is 2. The minimum absolute atomic E-state index is 0.191. The molecule has 0 bridgehead atoms. The largest absolute Gasteiger partial charge is 0.297 e. The predicted molar refractivity (Wildman–Crippen MR) is 71.4 cm³/mol. The molecule has 0 aliphatic heterocycles. The number of nitrogens with zero attached hydrogens (tertiary/aromatic N) is 2. The van der Waals surface area contributed by atoms with E-state index in [1.807, 2.05) is 13.0 Å². The van der Waals surface area contributed by atoms with Gasteiger partial charge in [0.2, 0.25) is 0 Å². The molecule has 3 nitrogen and oxygen atoms in total. The maximum atomic E-state index is 14.2. The molecule has 5 heteroatoms. The Bertz CT molecular complexity index is 719. The van der Waals surface area contributed by atoms with Crippen molar-refractivity contribution >= 4 is 26.8 Å². The highest BCUT2D eigenvalue weighted by molar-refractivity contribution is 9.10. The average Bonchev–Trinajstić information content (AvgIpc) is 3.03. The number of halogens is 2. The molecule has 2 aromatic rings. The molecule has 0 N–H and O–H groups in total. The summed E-state index contributed by atoms with van der Waals surface area (Å²) in [5.74, 6) is 0.240. The molecule has 0 amide bonds. The Hall–Kier alpha value is -1.23. The molecule has 1 aliphatic carbocycles. The molecule has 0 atom stereocenters. The first-order valence-electron chi connectivity index (χ1n) is 5.79. The van der Waals surface area contributed by atoms with Crippen molar-refractivity contribution in [3.05, 3.63) is 38.3 Å². The molecule has 1 heterocycles. The van der Waals surface area contributed by atoms with Gasteiger partial charge in [0.05, 0.1) is 10.9 Å². The number of rotatable bonds is 1. The Morgan fingerprint density at radius 2 is 2.11 bits per heavy atom. The van der Waals surface area contributed by atoms with Gasteiger partial charge in [0.15, 0.2) is 5.67 Å². The van der Waals surface area contributed by atoms with Crippen LogP contribution in [0.25, 0.3) is 10.9 Å². The van der Waals surface area contributed by atoms with Gasteiger partial charge >= 0.3 is 0 Å². The summed E-state index contributed by atoms with van der Waals surface area (Å²) in [4.78, 5) is 16.6. The number of hydrogen-bond donors (Lipinski definition) is 0. The number of benzene rings is 1. The van der Waals surface area contributed by atoms with Crippen LogP contribution in [0.5, 0.6) is 0 Å². The lowest BCUT2D eigenvalue weighted by Gasteiger charge is -2.12. The second-order valence-corrected chi connectivity index (χ2v) is 5.76. The summed E-state index contributed by atoms with van der Waals surface area (Å²) in [5.41, 5.74) is -0.0831. The van der Waals surface area contributed by atoms with Crippen LogP contribution in [0, 0.1) is 6.92 Å². The first kappa shape index (κ1) is 11.8. The third-order valence-electron chi connectivity index (χ3n) is 3.37. The lowest BCUT2D eigenvalue weighted by Crippen LogP contribution is -2.25. The molecule has 94 valence electrons. The SMILES string of the molecule is Cc1cc(Br)c2nc(C3(F)CC3)n(C)c(=O)c2c1. The highest BCUT2D eigenvalue weighted by Gasteiger charge is 2.48. The predicted octanol–water partition coefficient (Wildman–Crippen LogP) is 2.96. The molecule has 1 aromatic heterocycles. The van der Waals surface area contributed by atoms with Crippen molar-refractivity contribution in [2.24, 2.45) is 7.05 Å². The minimum atomic E-state index is -1.41. The maximum Gasteiger partial charge on any atom is 0.261 e. The minimum Gasteiger partial charge on any atom is -0.297 e. The van der Waals surface area contributed by atoms with E-state index in [0.717, 1.165) is 10.0 Å². The quantitative estimate of drug-likeness (QED) is 0.811. The number of aryl methyl sites for hydroxylation is 1. The van der Waals surface area contributed by atoms with E-state index in [2.05, 4.69) is 20.9 Å². The molecule has 1 aliphatic rings. The van der Waals surface area contributed by atoms with Crippen LogP contribution in [-0.2, 0) is 12.7 Å². The highest BCUT2D eigenvalue weighted by atomic mass is 79.9. The van der Waals surface area contributed by atoms with E-state index in [4.69, 9.17) is 0 Å². The summed E-state index contributed by atoms with van der Waals surface area (Å²) in [6.45, 7) is 1.91. The van der Waals surface area contributed by atoms with Crippen molar-refractivity contribution < 1.29 is 4.39 Å². The molecule has 3 rings (SSSR count). The molecular formula is C13H12BrFN2O. The summed E-state index contributed by atoms with van der Waals surface area (Å²) in [6.07, 6.45) is 0.893. The smallest absolute Gasteiger partial charge is 0.261 e. The van der Waals surface area contributed by atoms with Crippen molar-refractivity contribution in [2.75, 3.05) is 0 Å². The summed E-state index contributed by atoms with van der Waals surface area (Å²) >= 11 is 3.39. The van der Waals surface area contributed by atoms with Crippen LogP contribution in [-0.4, -0.2) is 9.55 Å². The van der Waals surface area contributed by atoms with Crippen molar-refractivity contribution in [3.63, 3.8) is 0 Å². The van der Waals surface area contributed by atoms with Crippen LogP contribution in [0.2, 0.25) is 0 Å². The zero-order valence-corrected chi connectivity index (χ0v) is 11.7.